The van der Waals surface area contributed by atoms with Crippen molar-refractivity contribution in [3.05, 3.63) is 59.4 Å². The number of allylic oxidation sites excluding steroid dienone is 1. The molecule has 0 unspecified atom stereocenters. The summed E-state index contributed by atoms with van der Waals surface area (Å²) in [4.78, 5) is 12.8. The lowest BCUT2D eigenvalue weighted by atomic mass is 10.0. The van der Waals surface area contributed by atoms with E-state index in [2.05, 4.69) is 0 Å². The molecule has 0 amide bonds. The van der Waals surface area contributed by atoms with Crippen LogP contribution in [-0.2, 0) is 0 Å². The Hall–Kier alpha value is -3.21. The van der Waals surface area contributed by atoms with Crippen molar-refractivity contribution in [2.45, 2.75) is 6.92 Å². The third-order valence-corrected chi connectivity index (χ3v) is 4.05. The fraction of sp³-hybridized carbons (Fsp3) is 0.150. The van der Waals surface area contributed by atoms with Gasteiger partial charge in [0, 0.05) is 0 Å². The number of carbonyl (C=O) groups excluding carboxylic acids is 1. The summed E-state index contributed by atoms with van der Waals surface area (Å²) in [5.74, 6) is -0.338. The summed E-state index contributed by atoms with van der Waals surface area (Å²) in [5, 5.41) is 11.1. The highest BCUT2D eigenvalue weighted by Crippen LogP contribution is 2.45. The number of rotatable bonds is 5. The summed E-state index contributed by atoms with van der Waals surface area (Å²) in [5.41, 5.74) is 2.34. The van der Waals surface area contributed by atoms with Gasteiger partial charge in [0.05, 0.1) is 25.9 Å². The molecule has 0 bridgehead atoms. The van der Waals surface area contributed by atoms with Crippen molar-refractivity contribution in [3.8, 4) is 17.2 Å². The number of furan rings is 1. The van der Waals surface area contributed by atoms with Crippen molar-refractivity contribution in [1.29, 1.82) is 0 Å². The largest absolute Gasteiger partial charge is 0.504 e. The molecular weight excluding hydrogens is 320 g/mol. The van der Waals surface area contributed by atoms with Gasteiger partial charge in [-0.2, -0.15) is 0 Å². The van der Waals surface area contributed by atoms with Crippen LogP contribution in [0.5, 0.6) is 17.2 Å². The molecule has 1 heterocycles. The SMILES string of the molecule is COc1c(C(=O)C=Cc2ccccc2C)c(O)c(OC)c2occc12. The van der Waals surface area contributed by atoms with Crippen LogP contribution >= 0.6 is 0 Å². The molecule has 0 saturated heterocycles. The van der Waals surface area contributed by atoms with Crippen LogP contribution in [0.3, 0.4) is 0 Å². The second-order valence-corrected chi connectivity index (χ2v) is 5.51. The van der Waals surface area contributed by atoms with Crippen molar-refractivity contribution >= 4 is 22.8 Å². The molecule has 2 aromatic carbocycles. The number of hydrogen-bond donors (Lipinski definition) is 1. The van der Waals surface area contributed by atoms with E-state index in [0.717, 1.165) is 11.1 Å². The second-order valence-electron chi connectivity index (χ2n) is 5.51. The van der Waals surface area contributed by atoms with Crippen LogP contribution in [0.15, 0.2) is 47.1 Å². The number of ether oxygens (including phenoxy) is 2. The van der Waals surface area contributed by atoms with Gasteiger partial charge in [-0.1, -0.05) is 30.3 Å². The molecule has 5 heteroatoms. The zero-order chi connectivity index (χ0) is 18.0. The minimum absolute atomic E-state index is 0.0399. The van der Waals surface area contributed by atoms with Gasteiger partial charge in [0.15, 0.2) is 17.1 Å². The van der Waals surface area contributed by atoms with Gasteiger partial charge in [0.1, 0.15) is 11.3 Å². The Morgan fingerprint density at radius 3 is 2.52 bits per heavy atom. The first-order valence-electron chi connectivity index (χ1n) is 7.70. The number of fused-ring (bicyclic) bond motifs is 1. The van der Waals surface area contributed by atoms with Crippen LogP contribution in [0.2, 0.25) is 0 Å². The average Bonchev–Trinajstić information content (AvgIpc) is 3.09. The standard InChI is InChI=1S/C20H18O5/c1-12-6-4-5-7-13(12)8-9-15(21)16-17(22)20(24-3)19-14(10-11-25-19)18(16)23-2/h4-11,22H,1-3H3. The van der Waals surface area contributed by atoms with Crippen LogP contribution in [0.4, 0.5) is 0 Å². The van der Waals surface area contributed by atoms with E-state index in [9.17, 15) is 9.90 Å². The fourth-order valence-electron chi connectivity index (χ4n) is 2.78. The smallest absolute Gasteiger partial charge is 0.205 e. The molecule has 3 rings (SSSR count). The number of aromatic hydroxyl groups is 1. The zero-order valence-electron chi connectivity index (χ0n) is 14.2. The van der Waals surface area contributed by atoms with Crippen molar-refractivity contribution in [2.75, 3.05) is 14.2 Å². The first-order chi connectivity index (χ1) is 12.1. The normalized spacial score (nSPS) is 11.2. The van der Waals surface area contributed by atoms with Crippen LogP contribution in [-0.4, -0.2) is 25.1 Å². The Balaban J connectivity index is 2.12. The lowest BCUT2D eigenvalue weighted by Gasteiger charge is -2.13. The molecule has 0 aliphatic rings. The molecule has 25 heavy (non-hydrogen) atoms. The molecule has 5 nitrogen and oxygen atoms in total. The number of ketones is 1. The summed E-state index contributed by atoms with van der Waals surface area (Å²) < 4.78 is 15.9. The van der Waals surface area contributed by atoms with Gasteiger partial charge < -0.3 is 19.0 Å². The summed E-state index contributed by atoms with van der Waals surface area (Å²) >= 11 is 0. The van der Waals surface area contributed by atoms with Gasteiger partial charge in [-0.05, 0) is 30.2 Å². The molecular formula is C20H18O5. The van der Waals surface area contributed by atoms with E-state index in [1.165, 1.54) is 26.6 Å². The predicted molar refractivity (Wildman–Crippen MR) is 95.5 cm³/mol. The fourth-order valence-corrected chi connectivity index (χ4v) is 2.78. The van der Waals surface area contributed by atoms with E-state index in [0.29, 0.717) is 11.0 Å². The quantitative estimate of drug-likeness (QED) is 0.553. The van der Waals surface area contributed by atoms with Gasteiger partial charge in [0.25, 0.3) is 0 Å². The van der Waals surface area contributed by atoms with Crippen molar-refractivity contribution < 1.29 is 23.8 Å². The van der Waals surface area contributed by atoms with E-state index in [4.69, 9.17) is 13.9 Å². The molecule has 1 aromatic heterocycles. The number of aryl methyl sites for hydroxylation is 1. The maximum absolute atomic E-state index is 12.8. The minimum Gasteiger partial charge on any atom is -0.504 e. The van der Waals surface area contributed by atoms with E-state index < -0.39 is 0 Å². The van der Waals surface area contributed by atoms with Crippen LogP contribution in [0, 0.1) is 6.92 Å². The minimum atomic E-state index is -0.390. The van der Waals surface area contributed by atoms with E-state index >= 15 is 0 Å². The summed E-state index contributed by atoms with van der Waals surface area (Å²) in [6.07, 6.45) is 4.57. The topological polar surface area (TPSA) is 68.9 Å². The molecule has 0 fully saturated rings. The van der Waals surface area contributed by atoms with Crippen LogP contribution < -0.4 is 9.47 Å². The summed E-state index contributed by atoms with van der Waals surface area (Å²) in [6, 6.07) is 9.37. The maximum atomic E-state index is 12.8. The van der Waals surface area contributed by atoms with E-state index in [1.54, 1.807) is 12.1 Å². The van der Waals surface area contributed by atoms with Crippen LogP contribution in [0.25, 0.3) is 17.0 Å². The number of phenolic OH excluding ortho intramolecular Hbond substituents is 1. The van der Waals surface area contributed by atoms with Crippen molar-refractivity contribution in [1.82, 2.24) is 0 Å². The second kappa shape index (κ2) is 6.73. The van der Waals surface area contributed by atoms with Gasteiger partial charge in [-0.15, -0.1) is 0 Å². The number of carbonyl (C=O) groups is 1. The summed E-state index contributed by atoms with van der Waals surface area (Å²) in [6.45, 7) is 1.96. The molecule has 3 aromatic rings. The first-order valence-corrected chi connectivity index (χ1v) is 7.70. The molecule has 0 aliphatic heterocycles. The molecule has 0 radical (unpaired) electrons. The van der Waals surface area contributed by atoms with E-state index in [-0.39, 0.29) is 28.6 Å². The monoisotopic (exact) mass is 338 g/mol. The van der Waals surface area contributed by atoms with Gasteiger partial charge >= 0.3 is 0 Å². The van der Waals surface area contributed by atoms with Crippen molar-refractivity contribution in [3.63, 3.8) is 0 Å². The Labute approximate surface area is 145 Å². The highest BCUT2D eigenvalue weighted by molar-refractivity contribution is 6.15. The average molecular weight is 338 g/mol. The lowest BCUT2D eigenvalue weighted by Crippen LogP contribution is -2.02. The number of phenols is 1. The van der Waals surface area contributed by atoms with Crippen molar-refractivity contribution in [2.24, 2.45) is 0 Å². The summed E-state index contributed by atoms with van der Waals surface area (Å²) in [7, 11) is 2.84. The molecule has 128 valence electrons. The van der Waals surface area contributed by atoms with Crippen LogP contribution in [0.1, 0.15) is 21.5 Å². The number of hydrogen-bond acceptors (Lipinski definition) is 5. The molecule has 0 aliphatic carbocycles. The lowest BCUT2D eigenvalue weighted by molar-refractivity contribution is 0.104. The van der Waals surface area contributed by atoms with Gasteiger partial charge in [-0.3, -0.25) is 4.79 Å². The zero-order valence-corrected chi connectivity index (χ0v) is 14.2. The van der Waals surface area contributed by atoms with E-state index in [1.807, 2.05) is 31.2 Å². The Morgan fingerprint density at radius 1 is 1.12 bits per heavy atom. The van der Waals surface area contributed by atoms with Gasteiger partial charge in [0.2, 0.25) is 5.75 Å². The highest BCUT2D eigenvalue weighted by Gasteiger charge is 2.26. The third kappa shape index (κ3) is 2.85. The molecule has 0 saturated carbocycles. The number of methoxy groups -OCH3 is 2. The highest BCUT2D eigenvalue weighted by atomic mass is 16.5. The Kier molecular flexibility index (Phi) is 4.48. The Morgan fingerprint density at radius 2 is 1.84 bits per heavy atom. The maximum Gasteiger partial charge on any atom is 0.205 e. The Bertz CT molecular complexity index is 966. The molecule has 0 spiro atoms. The van der Waals surface area contributed by atoms with Gasteiger partial charge in [-0.25, -0.2) is 0 Å². The molecule has 1 N–H and O–H groups in total. The third-order valence-electron chi connectivity index (χ3n) is 4.05. The molecule has 0 atom stereocenters. The predicted octanol–water partition coefficient (Wildman–Crippen LogP) is 4.36. The number of benzene rings is 2. The first kappa shape index (κ1) is 16.6.